The van der Waals surface area contributed by atoms with Crippen molar-refractivity contribution in [3.63, 3.8) is 0 Å². The van der Waals surface area contributed by atoms with Gasteiger partial charge in [-0.3, -0.25) is 9.59 Å². The fourth-order valence-corrected chi connectivity index (χ4v) is 4.50. The highest BCUT2D eigenvalue weighted by molar-refractivity contribution is 6.12. The maximum atomic E-state index is 14.0. The average molecular weight is 515 g/mol. The number of alkyl halides is 3. The summed E-state index contributed by atoms with van der Waals surface area (Å²) in [5, 5.41) is 6.61. The Morgan fingerprint density at radius 3 is 2.24 bits per heavy atom. The van der Waals surface area contributed by atoms with Crippen molar-refractivity contribution in [1.82, 2.24) is 15.1 Å². The van der Waals surface area contributed by atoms with Crippen LogP contribution in [-0.4, -0.2) is 40.3 Å². The van der Waals surface area contributed by atoms with E-state index >= 15 is 0 Å². The molecule has 0 bridgehead atoms. The Morgan fingerprint density at radius 2 is 1.68 bits per heavy atom. The second-order valence-corrected chi connectivity index (χ2v) is 9.66. The number of para-hydroxylation sites is 1. The first-order valence-corrected chi connectivity index (χ1v) is 11.4. The Morgan fingerprint density at radius 1 is 1.03 bits per heavy atom. The van der Waals surface area contributed by atoms with E-state index in [0.717, 1.165) is 28.9 Å². The minimum Gasteiger partial charge on any atom is -0.444 e. The third kappa shape index (κ3) is 4.68. The van der Waals surface area contributed by atoms with Crippen molar-refractivity contribution in [2.75, 3.05) is 11.9 Å². The molecule has 1 aliphatic heterocycles. The minimum absolute atomic E-state index is 0.0722. The molecule has 1 aliphatic rings. The largest absolute Gasteiger partial charge is 0.444 e. The molecule has 2 amide bonds. The number of hydrogen-bond acceptors (Lipinski definition) is 5. The van der Waals surface area contributed by atoms with Crippen LogP contribution in [0.15, 0.2) is 67.0 Å². The van der Waals surface area contributed by atoms with Gasteiger partial charge in [0, 0.05) is 30.7 Å². The van der Waals surface area contributed by atoms with Crippen LogP contribution in [0.2, 0.25) is 0 Å². The van der Waals surface area contributed by atoms with Crippen LogP contribution in [0.25, 0.3) is 0 Å². The number of aromatic nitrogens is 2. The van der Waals surface area contributed by atoms with Crippen LogP contribution in [0.3, 0.4) is 0 Å². The van der Waals surface area contributed by atoms with Crippen LogP contribution >= 0.6 is 0 Å². The molecule has 2 aromatic carbocycles. The molecule has 37 heavy (non-hydrogen) atoms. The SMILES string of the molecule is CN1C(=O)[C@@](NC(=O)OC(C)(C)C)([C@@H](C(=O)n2cccn2)c2ccc(C(F)(F)F)cc2)c2ccccc21. The first-order valence-electron chi connectivity index (χ1n) is 11.4. The molecule has 0 unspecified atom stereocenters. The Bertz CT molecular complexity index is 1330. The average Bonchev–Trinajstić information content (AvgIpc) is 3.42. The van der Waals surface area contributed by atoms with Gasteiger partial charge < -0.3 is 15.0 Å². The number of anilines is 1. The summed E-state index contributed by atoms with van der Waals surface area (Å²) in [6.07, 6.45) is -2.87. The summed E-state index contributed by atoms with van der Waals surface area (Å²) in [4.78, 5) is 42.3. The summed E-state index contributed by atoms with van der Waals surface area (Å²) in [6.45, 7) is 4.91. The van der Waals surface area contributed by atoms with Gasteiger partial charge >= 0.3 is 12.3 Å². The zero-order valence-corrected chi connectivity index (χ0v) is 20.5. The van der Waals surface area contributed by atoms with E-state index in [0.29, 0.717) is 11.3 Å². The third-order valence-electron chi connectivity index (χ3n) is 6.01. The van der Waals surface area contributed by atoms with E-state index in [1.807, 2.05) is 0 Å². The minimum atomic E-state index is -4.61. The van der Waals surface area contributed by atoms with Crippen LogP contribution in [-0.2, 0) is 21.2 Å². The molecule has 11 heteroatoms. The van der Waals surface area contributed by atoms with Gasteiger partial charge in [-0.2, -0.15) is 18.3 Å². The third-order valence-corrected chi connectivity index (χ3v) is 6.01. The van der Waals surface area contributed by atoms with Gasteiger partial charge in [0.15, 0.2) is 5.54 Å². The lowest BCUT2D eigenvalue weighted by Gasteiger charge is -2.37. The van der Waals surface area contributed by atoms with E-state index in [2.05, 4.69) is 10.4 Å². The number of carbonyl (C=O) groups is 3. The number of hydrogen-bond donors (Lipinski definition) is 1. The van der Waals surface area contributed by atoms with Gasteiger partial charge in [-0.05, 0) is 50.6 Å². The molecule has 4 rings (SSSR count). The number of rotatable bonds is 4. The van der Waals surface area contributed by atoms with Gasteiger partial charge in [-0.15, -0.1) is 0 Å². The first-order chi connectivity index (χ1) is 17.3. The lowest BCUT2D eigenvalue weighted by atomic mass is 9.74. The molecule has 0 radical (unpaired) electrons. The van der Waals surface area contributed by atoms with Crippen LogP contribution in [0.4, 0.5) is 23.7 Å². The predicted molar refractivity (Wildman–Crippen MR) is 128 cm³/mol. The fraction of sp³-hybridized carbons (Fsp3) is 0.308. The van der Waals surface area contributed by atoms with Crippen molar-refractivity contribution in [3.05, 3.63) is 83.7 Å². The molecular formula is C26H25F3N4O4. The number of nitrogens with one attached hydrogen (secondary N) is 1. The fourth-order valence-electron chi connectivity index (χ4n) is 4.50. The number of alkyl carbamates (subject to hydrolysis) is 1. The maximum absolute atomic E-state index is 14.0. The number of nitrogens with zero attached hydrogens (tertiary/aromatic N) is 3. The lowest BCUT2D eigenvalue weighted by Crippen LogP contribution is -2.59. The topological polar surface area (TPSA) is 93.5 Å². The molecule has 0 fully saturated rings. The molecular weight excluding hydrogens is 489 g/mol. The Kier molecular flexibility index (Phi) is 6.35. The highest BCUT2D eigenvalue weighted by Crippen LogP contribution is 2.49. The van der Waals surface area contributed by atoms with Crippen LogP contribution in [0.1, 0.15) is 48.2 Å². The predicted octanol–water partition coefficient (Wildman–Crippen LogP) is 4.72. The number of fused-ring (bicyclic) bond motifs is 1. The number of halogens is 3. The summed E-state index contributed by atoms with van der Waals surface area (Å²) in [6, 6.07) is 12.0. The highest BCUT2D eigenvalue weighted by atomic mass is 19.4. The molecule has 0 aliphatic carbocycles. The van der Waals surface area contributed by atoms with Crippen molar-refractivity contribution in [1.29, 1.82) is 0 Å². The zero-order chi connectivity index (χ0) is 27.2. The first kappa shape index (κ1) is 25.9. The number of benzene rings is 2. The molecule has 194 valence electrons. The van der Waals surface area contributed by atoms with E-state index in [1.54, 1.807) is 45.0 Å². The normalized spacial score (nSPS) is 18.4. The van der Waals surface area contributed by atoms with Gasteiger partial charge in [-0.25, -0.2) is 9.48 Å². The van der Waals surface area contributed by atoms with E-state index in [1.165, 1.54) is 30.4 Å². The van der Waals surface area contributed by atoms with Crippen molar-refractivity contribution in [2.24, 2.45) is 0 Å². The number of amides is 2. The van der Waals surface area contributed by atoms with Gasteiger partial charge in [0.1, 0.15) is 11.5 Å². The molecule has 2 heterocycles. The maximum Gasteiger partial charge on any atom is 0.416 e. The molecule has 2 atom stereocenters. The molecule has 1 N–H and O–H groups in total. The van der Waals surface area contributed by atoms with Gasteiger partial charge in [0.05, 0.1) is 5.56 Å². The molecule has 0 saturated heterocycles. The van der Waals surface area contributed by atoms with E-state index < -0.39 is 46.7 Å². The monoisotopic (exact) mass is 514 g/mol. The Hall–Kier alpha value is -4.15. The van der Waals surface area contributed by atoms with Crippen molar-refractivity contribution >= 4 is 23.6 Å². The van der Waals surface area contributed by atoms with Gasteiger partial charge in [0.2, 0.25) is 0 Å². The van der Waals surface area contributed by atoms with Crippen molar-refractivity contribution in [3.8, 4) is 0 Å². The molecule has 8 nitrogen and oxygen atoms in total. The van der Waals surface area contributed by atoms with Crippen LogP contribution in [0, 0.1) is 0 Å². The summed E-state index contributed by atoms with van der Waals surface area (Å²) < 4.78 is 46.3. The Balaban J connectivity index is 1.98. The smallest absolute Gasteiger partial charge is 0.416 e. The number of carbonyl (C=O) groups excluding carboxylic acids is 3. The lowest BCUT2D eigenvalue weighted by molar-refractivity contribution is -0.137. The summed E-state index contributed by atoms with van der Waals surface area (Å²) in [7, 11) is 1.49. The summed E-state index contributed by atoms with van der Waals surface area (Å²) in [5.74, 6) is -2.90. The zero-order valence-electron chi connectivity index (χ0n) is 20.5. The van der Waals surface area contributed by atoms with E-state index in [9.17, 15) is 27.6 Å². The van der Waals surface area contributed by atoms with Crippen molar-refractivity contribution < 1.29 is 32.3 Å². The second-order valence-electron chi connectivity index (χ2n) is 9.66. The van der Waals surface area contributed by atoms with Gasteiger partial charge in [-0.1, -0.05) is 30.3 Å². The van der Waals surface area contributed by atoms with Gasteiger partial charge in [0.25, 0.3) is 11.8 Å². The van der Waals surface area contributed by atoms with E-state index in [-0.39, 0.29) is 5.56 Å². The molecule has 0 saturated carbocycles. The van der Waals surface area contributed by atoms with Crippen LogP contribution < -0.4 is 10.2 Å². The number of ether oxygens (including phenoxy) is 1. The number of likely N-dealkylation sites (N-methyl/N-ethyl adjacent to an activating group) is 1. The van der Waals surface area contributed by atoms with E-state index in [4.69, 9.17) is 4.74 Å². The molecule has 0 spiro atoms. The summed E-state index contributed by atoms with van der Waals surface area (Å²) >= 11 is 0. The highest BCUT2D eigenvalue weighted by Gasteiger charge is 2.59. The van der Waals surface area contributed by atoms with Crippen molar-refractivity contribution in [2.45, 2.75) is 44.0 Å². The molecule has 3 aromatic rings. The second kappa shape index (κ2) is 9.06. The summed E-state index contributed by atoms with van der Waals surface area (Å²) in [5.41, 5.74) is -3.12. The standard InChI is InChI=1S/C26H25F3N4O4/c1-24(2,3)37-23(36)31-25(18-8-5-6-9-19(18)32(4)22(25)35)20(21(34)33-15-7-14-30-33)16-10-12-17(13-11-16)26(27,28)29/h5-15,20H,1-4H3,(H,31,36)/t20-,25+/m1/s1. The molecule has 1 aromatic heterocycles. The van der Waals surface area contributed by atoms with Crippen LogP contribution in [0.5, 0.6) is 0 Å². The Labute approximate surface area is 211 Å². The quantitative estimate of drug-likeness (QED) is 0.544.